The van der Waals surface area contributed by atoms with Crippen molar-refractivity contribution in [2.45, 2.75) is 12.8 Å². The third kappa shape index (κ3) is 9.44. The predicted octanol–water partition coefficient (Wildman–Crippen LogP) is 0.121. The average Bonchev–Trinajstić information content (AvgIpc) is 1.61. The molecule has 1 N–H and O–H groups in total. The quantitative estimate of drug-likeness (QED) is 0.752. The van der Waals surface area contributed by atoms with Gasteiger partial charge in [-0.25, -0.2) is 0 Å². The van der Waals surface area contributed by atoms with Crippen LogP contribution in [-0.2, 0) is 4.79 Å². The molecule has 48 valence electrons. The van der Waals surface area contributed by atoms with E-state index in [2.05, 4.69) is 6.58 Å². The normalized spacial score (nSPS) is 7.00. The van der Waals surface area contributed by atoms with Crippen LogP contribution in [0.2, 0.25) is 0 Å². The Morgan fingerprint density at radius 1 is 1.75 bits per heavy atom. The minimum atomic E-state index is -0.764. The molecule has 0 aromatic rings. The van der Waals surface area contributed by atoms with E-state index in [4.69, 9.17) is 5.11 Å². The minimum absolute atomic E-state index is 0. The molecule has 0 amide bonds. The molecule has 0 bridgehead atoms. The maximum absolute atomic E-state index is 9.71. The van der Waals surface area contributed by atoms with Gasteiger partial charge in [0.2, 0.25) is 0 Å². The molecule has 0 atom stereocenters. The van der Waals surface area contributed by atoms with Gasteiger partial charge in [0.1, 0.15) is 0 Å². The van der Waals surface area contributed by atoms with Crippen molar-refractivity contribution in [3.05, 3.63) is 12.7 Å². The first-order valence-electron chi connectivity index (χ1n) is 2.10. The molecule has 0 unspecified atom stereocenters. The number of rotatable bonds is 3. The van der Waals surface area contributed by atoms with E-state index in [0.717, 1.165) is 0 Å². The monoisotopic (exact) mass is 311 g/mol. The third-order valence-electron chi connectivity index (χ3n) is 0.562. The first-order chi connectivity index (χ1) is 3.27. The average molecular weight is 311 g/mol. The Bertz CT molecular complexity index is 80.5. The summed E-state index contributed by atoms with van der Waals surface area (Å²) in [5, 5.41) is 8.00. The number of carboxylic acids is 1. The van der Waals surface area contributed by atoms with Crippen molar-refractivity contribution in [1.29, 1.82) is 0 Å². The fourth-order valence-corrected chi connectivity index (χ4v) is 0.226. The fourth-order valence-electron chi connectivity index (χ4n) is 0.226. The van der Waals surface area contributed by atoms with Crippen molar-refractivity contribution < 1.29 is 9.90 Å². The number of carbonyl (C=O) groups is 1. The van der Waals surface area contributed by atoms with Crippen LogP contribution in [0.25, 0.3) is 0 Å². The van der Waals surface area contributed by atoms with Crippen molar-refractivity contribution in [2.75, 3.05) is 0 Å². The van der Waals surface area contributed by atoms with E-state index in [1.165, 1.54) is 0 Å². The van der Waals surface area contributed by atoms with Crippen LogP contribution in [0.1, 0.15) is 12.8 Å². The van der Waals surface area contributed by atoms with Crippen molar-refractivity contribution in [3.8, 4) is 0 Å². The zero-order chi connectivity index (χ0) is 5.70. The summed E-state index contributed by atoms with van der Waals surface area (Å²) < 4.78 is 0. The van der Waals surface area contributed by atoms with Gasteiger partial charge < -0.3 is 5.11 Å². The Kier molecular flexibility index (Phi) is 9.75. The Hall–Kier alpha value is 0.106. The van der Waals surface area contributed by atoms with Gasteiger partial charge in [-0.3, -0.25) is 4.79 Å². The summed E-state index contributed by atoms with van der Waals surface area (Å²) in [6.45, 7) is 3.37. The predicted molar refractivity (Wildman–Crippen MR) is 35.6 cm³/mol. The third-order valence-corrected chi connectivity index (χ3v) is 0.562. The van der Waals surface area contributed by atoms with Crippen LogP contribution in [0, 0.1) is 0 Å². The van der Waals surface area contributed by atoms with Gasteiger partial charge in [-0.2, -0.15) is 0 Å². The van der Waals surface area contributed by atoms with Crippen LogP contribution in [-0.4, -0.2) is 37.6 Å². The second-order valence-corrected chi connectivity index (χ2v) is 1.22. The Labute approximate surface area is 68.1 Å². The van der Waals surface area contributed by atoms with E-state index in [1.54, 1.807) is 6.08 Å². The van der Waals surface area contributed by atoms with Gasteiger partial charge >= 0.3 is 32.5 Å². The molecular weight excluding hydrogens is 301 g/mol. The molecule has 0 fully saturated rings. The Morgan fingerprint density at radius 2 is 2.25 bits per heavy atom. The molecule has 2 nitrogen and oxygen atoms in total. The molecule has 8 heavy (non-hydrogen) atoms. The van der Waals surface area contributed by atoms with Crippen molar-refractivity contribution in [1.82, 2.24) is 0 Å². The van der Waals surface area contributed by atoms with Crippen LogP contribution < -0.4 is 0 Å². The topological polar surface area (TPSA) is 37.3 Å². The van der Waals surface area contributed by atoms with Crippen LogP contribution in [0.4, 0.5) is 0 Å². The molecule has 0 aromatic heterocycles. The molecule has 0 rings (SSSR count). The van der Waals surface area contributed by atoms with E-state index in [-0.39, 0.29) is 33.0 Å². The summed E-state index contributed by atoms with van der Waals surface area (Å²) in [6.07, 6.45) is 2.35. The van der Waals surface area contributed by atoms with Crippen LogP contribution in [0.15, 0.2) is 12.7 Å². The second kappa shape index (κ2) is 7.11. The molecule has 0 radical (unpaired) electrons. The van der Waals surface area contributed by atoms with E-state index in [1.807, 2.05) is 0 Å². The molecule has 3 heteroatoms. The number of aliphatic carboxylic acids is 1. The Balaban J connectivity index is 0. The molecule has 0 aliphatic carbocycles. The molecular formula is C5H10O2Po. The maximum atomic E-state index is 9.71. The summed E-state index contributed by atoms with van der Waals surface area (Å²) in [5.74, 6) is -0.764. The SMILES string of the molecule is C=CCCC(=O)O.[PoH2]. The van der Waals surface area contributed by atoms with Gasteiger partial charge in [0.15, 0.2) is 0 Å². The molecule has 0 aliphatic rings. The molecule has 0 spiro atoms. The Morgan fingerprint density at radius 3 is 2.38 bits per heavy atom. The van der Waals surface area contributed by atoms with Crippen molar-refractivity contribution in [2.24, 2.45) is 0 Å². The molecule has 0 saturated carbocycles. The van der Waals surface area contributed by atoms with E-state index in [0.29, 0.717) is 6.42 Å². The number of hydrogen-bond donors (Lipinski definition) is 1. The standard InChI is InChI=1S/C5H8O2.Po.2H/c1-2-3-4-5(6)7;;;/h2H,1,3-4H2,(H,6,7);;;. The van der Waals surface area contributed by atoms with Crippen molar-refractivity contribution in [3.63, 3.8) is 0 Å². The zero-order valence-corrected chi connectivity index (χ0v) is 8.44. The molecule has 0 aliphatic heterocycles. The van der Waals surface area contributed by atoms with Crippen LogP contribution in [0.3, 0.4) is 0 Å². The second-order valence-electron chi connectivity index (χ2n) is 1.22. The first kappa shape index (κ1) is 11.0. The zero-order valence-electron chi connectivity index (χ0n) is 4.55. The number of carboxylic acid groups (broad SMARTS) is 1. The summed E-state index contributed by atoms with van der Waals surface area (Å²) in [4.78, 5) is 9.71. The van der Waals surface area contributed by atoms with Gasteiger partial charge in [-0.1, -0.05) is 6.08 Å². The van der Waals surface area contributed by atoms with Gasteiger partial charge in [-0.05, 0) is 6.42 Å². The van der Waals surface area contributed by atoms with Crippen LogP contribution in [0.5, 0.6) is 0 Å². The van der Waals surface area contributed by atoms with E-state index in [9.17, 15) is 4.79 Å². The molecule has 0 aromatic carbocycles. The summed E-state index contributed by atoms with van der Waals surface area (Å²) in [6, 6.07) is 0. The van der Waals surface area contributed by atoms with E-state index >= 15 is 0 Å². The first-order valence-corrected chi connectivity index (χ1v) is 2.10. The number of allylic oxidation sites excluding steroid dienone is 1. The number of hydrogen-bond acceptors (Lipinski definition) is 1. The summed E-state index contributed by atoms with van der Waals surface area (Å²) in [7, 11) is 0. The molecule has 0 heterocycles. The van der Waals surface area contributed by atoms with Gasteiger partial charge in [0.05, 0.1) is 0 Å². The summed E-state index contributed by atoms with van der Waals surface area (Å²) in [5.41, 5.74) is 0. The van der Waals surface area contributed by atoms with Gasteiger partial charge in [0.25, 0.3) is 0 Å². The van der Waals surface area contributed by atoms with Gasteiger partial charge in [-0.15, -0.1) is 6.58 Å². The van der Waals surface area contributed by atoms with Crippen molar-refractivity contribution >= 4 is 32.5 Å². The fraction of sp³-hybridized carbons (Fsp3) is 0.400. The van der Waals surface area contributed by atoms with E-state index < -0.39 is 5.97 Å². The molecule has 0 saturated heterocycles. The van der Waals surface area contributed by atoms with Gasteiger partial charge in [0, 0.05) is 6.42 Å². The summed E-state index contributed by atoms with van der Waals surface area (Å²) >= 11 is 0. The van der Waals surface area contributed by atoms with Crippen LogP contribution >= 0.6 is 0 Å².